The zero-order chi connectivity index (χ0) is 27.7. The van der Waals surface area contributed by atoms with Gasteiger partial charge in [-0.1, -0.05) is 30.1 Å². The molecule has 0 radical (unpaired) electrons. The van der Waals surface area contributed by atoms with Crippen molar-refractivity contribution < 1.29 is 28.5 Å². The first-order valence-corrected chi connectivity index (χ1v) is 13.7. The molecule has 0 fully saturated rings. The van der Waals surface area contributed by atoms with Gasteiger partial charge in [-0.25, -0.2) is 9.79 Å². The van der Waals surface area contributed by atoms with E-state index in [0.717, 1.165) is 5.56 Å². The molecule has 2 aliphatic rings. The number of aromatic nitrogens is 1. The number of rotatable bonds is 8. The number of carbonyl (C=O) groups excluding carboxylic acids is 1. The average molecular weight is 613 g/mol. The van der Waals surface area contributed by atoms with Gasteiger partial charge in [0, 0.05) is 0 Å². The molecule has 3 heterocycles. The highest BCUT2D eigenvalue weighted by molar-refractivity contribution is 9.10. The van der Waals surface area contributed by atoms with E-state index in [1.165, 1.54) is 15.9 Å². The highest BCUT2D eigenvalue weighted by Crippen LogP contribution is 2.39. The highest BCUT2D eigenvalue weighted by Gasteiger charge is 2.34. The quantitative estimate of drug-likeness (QED) is 0.281. The van der Waals surface area contributed by atoms with Gasteiger partial charge in [0.15, 0.2) is 27.8 Å². The van der Waals surface area contributed by atoms with Crippen LogP contribution in [0.5, 0.6) is 23.0 Å². The van der Waals surface area contributed by atoms with E-state index >= 15 is 0 Å². The van der Waals surface area contributed by atoms with Gasteiger partial charge >= 0.3 is 5.97 Å². The maximum Gasteiger partial charge on any atom is 0.338 e. The molecule has 2 aliphatic heterocycles. The van der Waals surface area contributed by atoms with Crippen molar-refractivity contribution in [3.8, 4) is 23.0 Å². The standard InChI is InChI=1S/C28H25BrN2O7S/c1-5-9-36-25-18(29)10-16(11-21(25)34-4)12-22-26(32)31-24(17-7-8-19-20(13-17)38-14-37-19)23(27(33)35-6-2)15(3)30-28(31)39-22/h5,7-8,10-13,24H,1,6,9,14H2,2-4H3/b22-12+/t24-/m0/s1. The van der Waals surface area contributed by atoms with E-state index in [4.69, 9.17) is 23.7 Å². The zero-order valence-electron chi connectivity index (χ0n) is 21.5. The fraction of sp³-hybridized carbons (Fsp3) is 0.250. The van der Waals surface area contributed by atoms with E-state index in [2.05, 4.69) is 27.5 Å². The average Bonchev–Trinajstić information content (AvgIpc) is 3.50. The van der Waals surface area contributed by atoms with Crippen molar-refractivity contribution >= 4 is 39.3 Å². The molecule has 0 saturated carbocycles. The van der Waals surface area contributed by atoms with Crippen LogP contribution in [0.1, 0.15) is 31.0 Å². The van der Waals surface area contributed by atoms with Gasteiger partial charge in [-0.3, -0.25) is 9.36 Å². The van der Waals surface area contributed by atoms with Crippen LogP contribution in [0, 0.1) is 0 Å². The van der Waals surface area contributed by atoms with Crippen molar-refractivity contribution in [1.82, 2.24) is 4.57 Å². The maximum atomic E-state index is 13.9. The lowest BCUT2D eigenvalue weighted by molar-refractivity contribution is -0.139. The first-order valence-electron chi connectivity index (χ1n) is 12.1. The number of esters is 1. The third kappa shape index (κ3) is 4.99. The number of thiazole rings is 1. The van der Waals surface area contributed by atoms with E-state index in [1.54, 1.807) is 51.3 Å². The molecule has 0 saturated heterocycles. The van der Waals surface area contributed by atoms with Gasteiger partial charge in [0.25, 0.3) is 5.56 Å². The van der Waals surface area contributed by atoms with Crippen molar-refractivity contribution in [2.24, 2.45) is 4.99 Å². The van der Waals surface area contributed by atoms with Crippen LogP contribution in [-0.2, 0) is 9.53 Å². The van der Waals surface area contributed by atoms with Gasteiger partial charge in [0.2, 0.25) is 6.79 Å². The molecular formula is C28H25BrN2O7S. The number of fused-ring (bicyclic) bond motifs is 2. The third-order valence-electron chi connectivity index (χ3n) is 6.12. The van der Waals surface area contributed by atoms with E-state index in [-0.39, 0.29) is 19.0 Å². The fourth-order valence-electron chi connectivity index (χ4n) is 4.45. The van der Waals surface area contributed by atoms with Crippen molar-refractivity contribution in [2.75, 3.05) is 27.1 Å². The summed E-state index contributed by atoms with van der Waals surface area (Å²) < 4.78 is 30.2. The second-order valence-corrected chi connectivity index (χ2v) is 10.4. The van der Waals surface area contributed by atoms with Gasteiger partial charge < -0.3 is 23.7 Å². The Morgan fingerprint density at radius 3 is 2.82 bits per heavy atom. The molecule has 0 amide bonds. The normalized spacial score (nSPS) is 16.0. The third-order valence-corrected chi connectivity index (χ3v) is 7.70. The molecule has 9 nitrogen and oxygen atoms in total. The molecule has 39 heavy (non-hydrogen) atoms. The summed E-state index contributed by atoms with van der Waals surface area (Å²) in [6, 6.07) is 8.23. The largest absolute Gasteiger partial charge is 0.493 e. The molecule has 0 aliphatic carbocycles. The van der Waals surface area contributed by atoms with Gasteiger partial charge in [-0.15, -0.1) is 0 Å². The van der Waals surface area contributed by atoms with Gasteiger partial charge in [-0.05, 0) is 71.2 Å². The monoisotopic (exact) mass is 612 g/mol. The maximum absolute atomic E-state index is 13.9. The summed E-state index contributed by atoms with van der Waals surface area (Å²) >= 11 is 4.77. The number of nitrogens with zero attached hydrogens (tertiary/aromatic N) is 2. The van der Waals surface area contributed by atoms with Crippen molar-refractivity contribution in [3.63, 3.8) is 0 Å². The molecule has 0 bridgehead atoms. The Bertz CT molecular complexity index is 1690. The number of ether oxygens (including phenoxy) is 5. The summed E-state index contributed by atoms with van der Waals surface area (Å²) in [4.78, 5) is 32.1. The Labute approximate surface area is 236 Å². The van der Waals surface area contributed by atoms with Crippen LogP contribution < -0.4 is 33.8 Å². The predicted octanol–water partition coefficient (Wildman–Crippen LogP) is 3.86. The minimum atomic E-state index is -0.757. The molecular weight excluding hydrogens is 588 g/mol. The zero-order valence-corrected chi connectivity index (χ0v) is 23.9. The molecule has 5 rings (SSSR count). The highest BCUT2D eigenvalue weighted by atomic mass is 79.9. The lowest BCUT2D eigenvalue weighted by Crippen LogP contribution is -2.39. The Morgan fingerprint density at radius 1 is 1.28 bits per heavy atom. The number of allylic oxidation sites excluding steroid dienone is 1. The van der Waals surface area contributed by atoms with Crippen LogP contribution in [0.4, 0.5) is 0 Å². The van der Waals surface area contributed by atoms with E-state index in [9.17, 15) is 9.59 Å². The van der Waals surface area contributed by atoms with Crippen molar-refractivity contribution in [1.29, 1.82) is 0 Å². The molecule has 202 valence electrons. The van der Waals surface area contributed by atoms with Crippen LogP contribution in [0.3, 0.4) is 0 Å². The predicted molar refractivity (Wildman–Crippen MR) is 149 cm³/mol. The minimum Gasteiger partial charge on any atom is -0.493 e. The molecule has 3 aromatic rings. The molecule has 0 spiro atoms. The lowest BCUT2D eigenvalue weighted by atomic mass is 9.95. The second kappa shape index (κ2) is 11.1. The van der Waals surface area contributed by atoms with E-state index in [1.807, 2.05) is 12.1 Å². The van der Waals surface area contributed by atoms with E-state index in [0.29, 0.717) is 60.2 Å². The number of carbonyl (C=O) groups is 1. The topological polar surface area (TPSA) is 97.6 Å². The van der Waals surface area contributed by atoms with Crippen LogP contribution in [0.15, 0.2) is 68.5 Å². The van der Waals surface area contributed by atoms with Crippen molar-refractivity contribution in [3.05, 3.63) is 89.5 Å². The first-order chi connectivity index (χ1) is 18.9. The molecule has 1 atom stereocenters. The number of hydrogen-bond acceptors (Lipinski definition) is 9. The molecule has 2 aromatic carbocycles. The summed E-state index contributed by atoms with van der Waals surface area (Å²) in [5, 5.41) is 0. The van der Waals surface area contributed by atoms with Crippen LogP contribution in [0.2, 0.25) is 0 Å². The fourth-order valence-corrected chi connectivity index (χ4v) is 6.07. The summed E-state index contributed by atoms with van der Waals surface area (Å²) in [6.07, 6.45) is 3.40. The molecule has 0 unspecified atom stereocenters. The van der Waals surface area contributed by atoms with Gasteiger partial charge in [-0.2, -0.15) is 0 Å². The Hall–Kier alpha value is -3.83. The SMILES string of the molecule is C=CCOc1c(Br)cc(/C=c2/sc3n(c2=O)[C@@H](c2ccc4c(c2)OCO4)C(C(=O)OCC)=C(C)N=3)cc1OC. The van der Waals surface area contributed by atoms with Crippen LogP contribution in [-0.4, -0.2) is 37.7 Å². The first kappa shape index (κ1) is 26.8. The van der Waals surface area contributed by atoms with Gasteiger partial charge in [0.05, 0.1) is 40.0 Å². The van der Waals surface area contributed by atoms with Crippen LogP contribution >= 0.6 is 27.3 Å². The van der Waals surface area contributed by atoms with Gasteiger partial charge in [0.1, 0.15) is 6.61 Å². The Kier molecular flexibility index (Phi) is 7.62. The van der Waals surface area contributed by atoms with Crippen molar-refractivity contribution in [2.45, 2.75) is 19.9 Å². The number of halogens is 1. The number of hydrogen-bond donors (Lipinski definition) is 0. The lowest BCUT2D eigenvalue weighted by Gasteiger charge is -2.24. The summed E-state index contributed by atoms with van der Waals surface area (Å²) in [5.41, 5.74) is 1.88. The van der Waals surface area contributed by atoms with Crippen LogP contribution in [0.25, 0.3) is 6.08 Å². The molecule has 1 aromatic heterocycles. The number of benzene rings is 2. The minimum absolute atomic E-state index is 0.109. The molecule has 0 N–H and O–H groups in total. The smallest absolute Gasteiger partial charge is 0.338 e. The van der Waals surface area contributed by atoms with E-state index < -0.39 is 12.0 Å². The number of methoxy groups -OCH3 is 1. The summed E-state index contributed by atoms with van der Waals surface area (Å²) in [7, 11) is 1.55. The Morgan fingerprint density at radius 2 is 2.08 bits per heavy atom. The molecule has 11 heteroatoms. The Balaban J connectivity index is 1.67. The second-order valence-electron chi connectivity index (χ2n) is 8.55. The summed E-state index contributed by atoms with van der Waals surface area (Å²) in [6.45, 7) is 7.77. The summed E-state index contributed by atoms with van der Waals surface area (Å²) in [5.74, 6) is 1.66.